The van der Waals surface area contributed by atoms with Gasteiger partial charge in [-0.05, 0) is 52.3 Å². The Morgan fingerprint density at radius 2 is 2.12 bits per heavy atom. The molecule has 3 rings (SSSR count). The molecule has 0 aliphatic carbocycles. The van der Waals surface area contributed by atoms with Crippen molar-refractivity contribution in [3.05, 3.63) is 29.1 Å². The summed E-state index contributed by atoms with van der Waals surface area (Å²) in [6.07, 6.45) is 0.665. The number of fused-ring (bicyclic) bond motifs is 1. The van der Waals surface area contributed by atoms with Crippen LogP contribution in [0.1, 0.15) is 45.4 Å². The van der Waals surface area contributed by atoms with Gasteiger partial charge in [0.25, 0.3) is 0 Å². The SMILES string of the molecule is COc1cccc2sc(C3(O)CCN(C(=O)OC(C)(C)C)C(C)C3)cc12. The van der Waals surface area contributed by atoms with Crippen molar-refractivity contribution in [1.29, 1.82) is 0 Å². The molecule has 1 aromatic heterocycles. The third-order valence-electron chi connectivity index (χ3n) is 4.76. The van der Waals surface area contributed by atoms with Gasteiger partial charge in [0, 0.05) is 34.0 Å². The van der Waals surface area contributed by atoms with Gasteiger partial charge in [-0.15, -0.1) is 11.3 Å². The first-order chi connectivity index (χ1) is 12.1. The second-order valence-electron chi connectivity index (χ2n) is 7.99. The van der Waals surface area contributed by atoms with E-state index in [9.17, 15) is 9.90 Å². The molecule has 0 bridgehead atoms. The molecule has 2 aromatic rings. The second kappa shape index (κ2) is 6.74. The van der Waals surface area contributed by atoms with Gasteiger partial charge in [-0.3, -0.25) is 0 Å². The number of hydrogen-bond donors (Lipinski definition) is 1. The molecule has 1 saturated heterocycles. The first kappa shape index (κ1) is 19.0. The van der Waals surface area contributed by atoms with Gasteiger partial charge in [0.05, 0.1) is 7.11 Å². The molecule has 5 nitrogen and oxygen atoms in total. The lowest BCUT2D eigenvalue weighted by Gasteiger charge is -2.42. The van der Waals surface area contributed by atoms with Crippen LogP contribution in [0, 0.1) is 0 Å². The van der Waals surface area contributed by atoms with Crippen LogP contribution in [0.25, 0.3) is 10.1 Å². The van der Waals surface area contributed by atoms with Crippen molar-refractivity contribution in [3.8, 4) is 5.75 Å². The molecule has 2 atom stereocenters. The normalized spacial score (nSPS) is 23.9. The van der Waals surface area contributed by atoms with E-state index >= 15 is 0 Å². The quantitative estimate of drug-likeness (QED) is 0.836. The zero-order chi connectivity index (χ0) is 19.1. The number of nitrogens with zero attached hydrogens (tertiary/aromatic N) is 1. The number of aliphatic hydroxyl groups is 1. The number of benzene rings is 1. The maximum atomic E-state index is 12.4. The standard InChI is InChI=1S/C20H27NO4S/c1-13-12-20(23,9-10-21(13)18(22)25-19(2,3)4)17-11-14-15(24-5)7-6-8-16(14)26-17/h6-8,11,13,23H,9-10,12H2,1-5H3. The number of ether oxygens (including phenoxy) is 2. The number of rotatable bonds is 2. The fourth-order valence-electron chi connectivity index (χ4n) is 3.48. The van der Waals surface area contributed by atoms with Crippen molar-refractivity contribution in [2.45, 2.75) is 57.8 Å². The molecule has 0 spiro atoms. The van der Waals surface area contributed by atoms with Gasteiger partial charge in [-0.25, -0.2) is 4.79 Å². The van der Waals surface area contributed by atoms with Crippen LogP contribution in [0.4, 0.5) is 4.79 Å². The molecule has 1 fully saturated rings. The van der Waals surface area contributed by atoms with E-state index in [1.54, 1.807) is 23.3 Å². The van der Waals surface area contributed by atoms with Crippen LogP contribution in [-0.2, 0) is 10.3 Å². The predicted octanol–water partition coefficient (Wildman–Crippen LogP) is 4.52. The van der Waals surface area contributed by atoms with Crippen molar-refractivity contribution in [2.75, 3.05) is 13.7 Å². The first-order valence-corrected chi connectivity index (χ1v) is 9.74. The molecule has 6 heteroatoms. The van der Waals surface area contributed by atoms with E-state index in [0.717, 1.165) is 20.7 Å². The molecule has 1 N–H and O–H groups in total. The Morgan fingerprint density at radius 3 is 2.73 bits per heavy atom. The zero-order valence-corrected chi connectivity index (χ0v) is 16.9. The Bertz CT molecular complexity index is 810. The van der Waals surface area contributed by atoms with E-state index in [-0.39, 0.29) is 12.1 Å². The topological polar surface area (TPSA) is 59.0 Å². The summed E-state index contributed by atoms with van der Waals surface area (Å²) in [5, 5.41) is 12.3. The number of amides is 1. The number of carbonyl (C=O) groups excluding carboxylic acids is 1. The van der Waals surface area contributed by atoms with Crippen LogP contribution in [-0.4, -0.2) is 41.4 Å². The molecule has 142 valence electrons. The van der Waals surface area contributed by atoms with Gasteiger partial charge in [-0.1, -0.05) is 6.07 Å². The van der Waals surface area contributed by atoms with E-state index in [1.165, 1.54) is 0 Å². The summed E-state index contributed by atoms with van der Waals surface area (Å²) < 4.78 is 12.0. The molecule has 0 saturated carbocycles. The third kappa shape index (κ3) is 3.67. The van der Waals surface area contributed by atoms with Gasteiger partial charge >= 0.3 is 6.09 Å². The average molecular weight is 378 g/mol. The van der Waals surface area contributed by atoms with E-state index in [4.69, 9.17) is 9.47 Å². The highest BCUT2D eigenvalue weighted by atomic mass is 32.1. The molecule has 2 heterocycles. The molecule has 26 heavy (non-hydrogen) atoms. The Morgan fingerprint density at radius 1 is 1.38 bits per heavy atom. The molecule has 1 aliphatic heterocycles. The second-order valence-corrected chi connectivity index (χ2v) is 9.07. The summed E-state index contributed by atoms with van der Waals surface area (Å²) >= 11 is 1.59. The lowest BCUT2D eigenvalue weighted by atomic mass is 9.85. The number of methoxy groups -OCH3 is 1. The van der Waals surface area contributed by atoms with E-state index in [1.807, 2.05) is 52.0 Å². The number of likely N-dealkylation sites (tertiary alicyclic amines) is 1. The van der Waals surface area contributed by atoms with Crippen molar-refractivity contribution in [1.82, 2.24) is 4.90 Å². The van der Waals surface area contributed by atoms with Crippen LogP contribution in [0.3, 0.4) is 0 Å². The van der Waals surface area contributed by atoms with Crippen LogP contribution < -0.4 is 4.74 Å². The van der Waals surface area contributed by atoms with E-state index in [0.29, 0.717) is 19.4 Å². The summed E-state index contributed by atoms with van der Waals surface area (Å²) in [6.45, 7) is 8.02. The number of piperidine rings is 1. The molecule has 1 aromatic carbocycles. The Labute approximate surface area is 158 Å². The van der Waals surface area contributed by atoms with Gasteiger partial charge in [0.1, 0.15) is 17.0 Å². The largest absolute Gasteiger partial charge is 0.496 e. The lowest BCUT2D eigenvalue weighted by molar-refractivity contribution is -0.0525. The number of hydrogen-bond acceptors (Lipinski definition) is 5. The third-order valence-corrected chi connectivity index (χ3v) is 6.05. The molecule has 1 aliphatic rings. The van der Waals surface area contributed by atoms with Crippen molar-refractivity contribution in [3.63, 3.8) is 0 Å². The Kier molecular flexibility index (Phi) is 4.92. The maximum absolute atomic E-state index is 12.4. The van der Waals surface area contributed by atoms with Crippen LogP contribution >= 0.6 is 11.3 Å². The highest BCUT2D eigenvalue weighted by Crippen LogP contribution is 2.43. The number of carbonyl (C=O) groups is 1. The first-order valence-electron chi connectivity index (χ1n) is 8.92. The predicted molar refractivity (Wildman–Crippen MR) is 104 cm³/mol. The molecule has 2 unspecified atom stereocenters. The van der Waals surface area contributed by atoms with E-state index in [2.05, 4.69) is 0 Å². The fraction of sp³-hybridized carbons (Fsp3) is 0.550. The average Bonchev–Trinajstić information content (AvgIpc) is 2.98. The van der Waals surface area contributed by atoms with Crippen molar-refractivity contribution < 1.29 is 19.4 Å². The molecule has 0 radical (unpaired) electrons. The monoisotopic (exact) mass is 377 g/mol. The zero-order valence-electron chi connectivity index (χ0n) is 16.0. The summed E-state index contributed by atoms with van der Waals surface area (Å²) in [7, 11) is 1.65. The van der Waals surface area contributed by atoms with Gasteiger partial charge in [0.15, 0.2) is 0 Å². The lowest BCUT2D eigenvalue weighted by Crippen LogP contribution is -2.51. The minimum Gasteiger partial charge on any atom is -0.496 e. The summed E-state index contributed by atoms with van der Waals surface area (Å²) in [4.78, 5) is 15.0. The Hall–Kier alpha value is -1.79. The fourth-order valence-corrected chi connectivity index (χ4v) is 4.69. The van der Waals surface area contributed by atoms with Gasteiger partial charge in [0.2, 0.25) is 0 Å². The van der Waals surface area contributed by atoms with Crippen LogP contribution in [0.2, 0.25) is 0 Å². The molecular formula is C20H27NO4S. The highest BCUT2D eigenvalue weighted by Gasteiger charge is 2.41. The number of thiophene rings is 1. The smallest absolute Gasteiger partial charge is 0.410 e. The van der Waals surface area contributed by atoms with Crippen LogP contribution in [0.5, 0.6) is 5.75 Å². The summed E-state index contributed by atoms with van der Waals surface area (Å²) in [5.41, 5.74) is -1.46. The van der Waals surface area contributed by atoms with Gasteiger partial charge in [-0.2, -0.15) is 0 Å². The van der Waals surface area contributed by atoms with E-state index < -0.39 is 11.2 Å². The maximum Gasteiger partial charge on any atom is 0.410 e. The summed E-state index contributed by atoms with van der Waals surface area (Å²) in [6, 6.07) is 7.84. The van der Waals surface area contributed by atoms with Crippen molar-refractivity contribution >= 4 is 27.5 Å². The van der Waals surface area contributed by atoms with Gasteiger partial charge < -0.3 is 19.5 Å². The minimum atomic E-state index is -0.938. The molecule has 1 amide bonds. The highest BCUT2D eigenvalue weighted by molar-refractivity contribution is 7.19. The minimum absolute atomic E-state index is 0.101. The van der Waals surface area contributed by atoms with Crippen LogP contribution in [0.15, 0.2) is 24.3 Å². The molecular weight excluding hydrogens is 350 g/mol. The van der Waals surface area contributed by atoms with Crippen molar-refractivity contribution in [2.24, 2.45) is 0 Å². The Balaban J connectivity index is 1.81. The summed E-state index contributed by atoms with van der Waals surface area (Å²) in [5.74, 6) is 0.813.